The fourth-order valence-electron chi connectivity index (χ4n) is 7.48. The number of fused-ring (bicyclic) bond motifs is 9. The number of rotatable bonds is 2. The van der Waals surface area contributed by atoms with E-state index in [4.69, 9.17) is 16.5 Å². The molecule has 0 saturated heterocycles. The highest BCUT2D eigenvalue weighted by molar-refractivity contribution is 6.24. The molecule has 8 aromatic rings. The third-order valence-electron chi connectivity index (χ3n) is 9.87. The van der Waals surface area contributed by atoms with Crippen LogP contribution in [0.1, 0.15) is 30.5 Å². The second-order valence-electron chi connectivity index (χ2n) is 12.9. The molecule has 224 valence electrons. The zero-order valence-corrected chi connectivity index (χ0v) is 26.4. The highest BCUT2D eigenvalue weighted by Crippen LogP contribution is 2.51. The first kappa shape index (κ1) is 27.7. The van der Waals surface area contributed by atoms with E-state index < -0.39 is 0 Å². The molecule has 0 spiro atoms. The maximum Gasteiger partial charge on any atom is 0.206 e. The van der Waals surface area contributed by atoms with Gasteiger partial charge in [-0.15, -0.1) is 0 Å². The van der Waals surface area contributed by atoms with E-state index in [0.29, 0.717) is 16.6 Å². The quantitative estimate of drug-likeness (QED) is 0.111. The fraction of sp³-hybridized carbons (Fsp3) is 0.0698. The third-order valence-corrected chi connectivity index (χ3v) is 9.87. The summed E-state index contributed by atoms with van der Waals surface area (Å²) < 4.78 is 0. The molecule has 0 bridgehead atoms. The van der Waals surface area contributed by atoms with Gasteiger partial charge in [-0.1, -0.05) is 98.8 Å². The second-order valence-corrected chi connectivity index (χ2v) is 12.9. The molecule has 0 N–H and O–H groups in total. The van der Waals surface area contributed by atoms with Gasteiger partial charge in [-0.3, -0.25) is 0 Å². The van der Waals surface area contributed by atoms with Crippen molar-refractivity contribution in [3.05, 3.63) is 156 Å². The molecule has 48 heavy (non-hydrogen) atoms. The maximum atomic E-state index is 9.63. The summed E-state index contributed by atoms with van der Waals surface area (Å²) in [4.78, 5) is 15.9. The molecule has 0 amide bonds. The lowest BCUT2D eigenvalue weighted by molar-refractivity contribution is 0.632. The van der Waals surface area contributed by atoms with Gasteiger partial charge in [0.05, 0.1) is 51.6 Å². The summed E-state index contributed by atoms with van der Waals surface area (Å²) in [5, 5.41) is 13.8. The van der Waals surface area contributed by atoms with Gasteiger partial charge in [0.1, 0.15) is 0 Å². The topological polar surface area (TPSA) is 57.2 Å². The van der Waals surface area contributed by atoms with Crippen LogP contribution >= 0.6 is 0 Å². The lowest BCUT2D eigenvalue weighted by Crippen LogP contribution is -2.30. The average Bonchev–Trinajstić information content (AvgIpc) is 3.14. The number of nitrogens with zero attached hydrogens (tertiary/aromatic N) is 5. The van der Waals surface area contributed by atoms with Crippen LogP contribution in [-0.2, 0) is 5.41 Å². The Labute approximate surface area is 277 Å². The van der Waals surface area contributed by atoms with Crippen LogP contribution in [-0.4, -0.2) is 9.97 Å². The highest BCUT2D eigenvalue weighted by Gasteiger charge is 2.36. The van der Waals surface area contributed by atoms with Gasteiger partial charge in [-0.05, 0) is 75.5 Å². The molecule has 0 saturated carbocycles. The normalized spacial score (nSPS) is 13.3. The van der Waals surface area contributed by atoms with Crippen molar-refractivity contribution in [2.45, 2.75) is 19.3 Å². The van der Waals surface area contributed by atoms with Crippen LogP contribution in [0.3, 0.4) is 0 Å². The van der Waals surface area contributed by atoms with E-state index in [0.717, 1.165) is 49.4 Å². The van der Waals surface area contributed by atoms with Gasteiger partial charge >= 0.3 is 0 Å². The van der Waals surface area contributed by atoms with Crippen LogP contribution in [0, 0.1) is 17.9 Å². The van der Waals surface area contributed by atoms with Crippen LogP contribution < -0.4 is 4.90 Å². The van der Waals surface area contributed by atoms with Crippen molar-refractivity contribution < 1.29 is 0 Å². The van der Waals surface area contributed by atoms with Gasteiger partial charge in [0.25, 0.3) is 0 Å². The van der Waals surface area contributed by atoms with Gasteiger partial charge in [0.2, 0.25) is 5.69 Å². The zero-order valence-electron chi connectivity index (χ0n) is 26.4. The molecule has 0 unspecified atom stereocenters. The Balaban J connectivity index is 1.19. The van der Waals surface area contributed by atoms with E-state index in [-0.39, 0.29) is 11.1 Å². The summed E-state index contributed by atoms with van der Waals surface area (Å²) in [7, 11) is 0. The largest absolute Gasteiger partial charge is 0.310 e. The Morgan fingerprint density at radius 1 is 0.625 bits per heavy atom. The minimum Gasteiger partial charge on any atom is -0.310 e. The number of aromatic nitrogens is 2. The molecule has 1 aliphatic rings. The van der Waals surface area contributed by atoms with Crippen LogP contribution in [0.2, 0.25) is 0 Å². The molecule has 0 fully saturated rings. The lowest BCUT2D eigenvalue weighted by Gasteiger charge is -2.42. The van der Waals surface area contributed by atoms with Crippen molar-refractivity contribution in [2.24, 2.45) is 0 Å². The molecular formula is C43H27N5. The standard InChI is InChI=1S/C43H27N5/c1-43(2)34-12-6-8-14-39(34)48(40-15-9-7-13-35(40)43)29-19-16-26(17-20-29)27-18-21-32-33(22-27)30-10-4-5-11-31(30)41-42(32)46-37-23-28(25-44)36(45-3)24-38(37)47-41/h4-24H,1-2H3. The first-order valence-electron chi connectivity index (χ1n) is 15.9. The number of hydrogen-bond acceptors (Lipinski definition) is 4. The minimum absolute atomic E-state index is 0.100. The molecule has 0 aliphatic carbocycles. The number of para-hydroxylation sites is 2. The summed E-state index contributed by atoms with van der Waals surface area (Å²) in [5.41, 5.74) is 11.7. The molecule has 0 radical (unpaired) electrons. The minimum atomic E-state index is -0.100. The van der Waals surface area contributed by atoms with Crippen molar-refractivity contribution in [1.82, 2.24) is 9.97 Å². The Bertz CT molecular complexity index is 2680. The molecule has 2 heterocycles. The predicted molar refractivity (Wildman–Crippen MR) is 195 cm³/mol. The van der Waals surface area contributed by atoms with Crippen LogP contribution in [0.25, 0.3) is 59.6 Å². The van der Waals surface area contributed by atoms with Gasteiger partial charge in [-0.2, -0.15) is 5.26 Å². The van der Waals surface area contributed by atoms with E-state index in [2.05, 4.69) is 139 Å². The second kappa shape index (κ2) is 10.2. The van der Waals surface area contributed by atoms with E-state index in [1.54, 1.807) is 12.1 Å². The van der Waals surface area contributed by atoms with Gasteiger partial charge in [0.15, 0.2) is 0 Å². The number of nitriles is 1. The highest BCUT2D eigenvalue weighted by atomic mass is 15.2. The Morgan fingerprint density at radius 3 is 1.83 bits per heavy atom. The molecule has 9 rings (SSSR count). The molecule has 5 heteroatoms. The summed E-state index contributed by atoms with van der Waals surface area (Å²) in [6.07, 6.45) is 0. The van der Waals surface area contributed by atoms with Crippen molar-refractivity contribution in [3.63, 3.8) is 0 Å². The van der Waals surface area contributed by atoms with E-state index >= 15 is 0 Å². The van der Waals surface area contributed by atoms with Crippen molar-refractivity contribution in [2.75, 3.05) is 4.90 Å². The van der Waals surface area contributed by atoms with E-state index in [1.807, 2.05) is 6.07 Å². The summed E-state index contributed by atoms with van der Waals surface area (Å²) in [6, 6.07) is 46.5. The Morgan fingerprint density at radius 2 is 1.19 bits per heavy atom. The lowest BCUT2D eigenvalue weighted by atomic mass is 9.73. The molecular weight excluding hydrogens is 587 g/mol. The zero-order chi connectivity index (χ0) is 32.6. The first-order chi connectivity index (χ1) is 23.5. The van der Waals surface area contributed by atoms with Crippen molar-refractivity contribution in [3.8, 4) is 17.2 Å². The van der Waals surface area contributed by atoms with Crippen molar-refractivity contribution in [1.29, 1.82) is 5.26 Å². The van der Waals surface area contributed by atoms with Crippen molar-refractivity contribution >= 4 is 66.4 Å². The predicted octanol–water partition coefficient (Wildman–Crippen LogP) is 11.3. The summed E-state index contributed by atoms with van der Waals surface area (Å²) >= 11 is 0. The summed E-state index contributed by atoms with van der Waals surface area (Å²) in [6.45, 7) is 12.1. The van der Waals surface area contributed by atoms with E-state index in [1.165, 1.54) is 22.5 Å². The SMILES string of the molecule is [C-]#[N+]c1cc2nc3c4ccccc4c4cc(-c5ccc(N6c7ccccc7C(C)(C)c7ccccc76)cc5)ccc4c3nc2cc1C#N. The monoisotopic (exact) mass is 613 g/mol. The Hall–Kier alpha value is -6.56. The van der Waals surface area contributed by atoms with Gasteiger partial charge in [-0.25, -0.2) is 14.8 Å². The third kappa shape index (κ3) is 3.95. The maximum absolute atomic E-state index is 9.63. The van der Waals surface area contributed by atoms with E-state index in [9.17, 15) is 5.26 Å². The van der Waals surface area contributed by atoms with Crippen LogP contribution in [0.4, 0.5) is 22.7 Å². The molecule has 1 aliphatic heterocycles. The van der Waals surface area contributed by atoms with Crippen LogP contribution in [0.15, 0.2) is 127 Å². The smallest absolute Gasteiger partial charge is 0.206 e. The molecule has 0 atom stereocenters. The van der Waals surface area contributed by atoms with Crippen LogP contribution in [0.5, 0.6) is 0 Å². The fourth-order valence-corrected chi connectivity index (χ4v) is 7.48. The number of hydrogen-bond donors (Lipinski definition) is 0. The van der Waals surface area contributed by atoms with Gasteiger partial charge < -0.3 is 4.90 Å². The number of benzene rings is 7. The number of anilines is 3. The van der Waals surface area contributed by atoms with Gasteiger partial charge in [0, 0.05) is 21.9 Å². The first-order valence-corrected chi connectivity index (χ1v) is 15.9. The molecule has 5 nitrogen and oxygen atoms in total. The molecule has 7 aromatic carbocycles. The summed E-state index contributed by atoms with van der Waals surface area (Å²) in [5.74, 6) is 0. The Kier molecular flexibility index (Phi) is 5.91. The molecule has 1 aromatic heterocycles. The average molecular weight is 614 g/mol.